The number of amides is 1. The summed E-state index contributed by atoms with van der Waals surface area (Å²) in [4.78, 5) is 18.4. The molecule has 1 amide bonds. The van der Waals surface area contributed by atoms with Gasteiger partial charge in [0, 0.05) is 45.7 Å². The molecule has 0 aromatic heterocycles. The molecule has 1 aliphatic heterocycles. The fourth-order valence-electron chi connectivity index (χ4n) is 3.43. The zero-order valence-electron chi connectivity index (χ0n) is 17.1. The minimum Gasteiger partial charge on any atom is -0.379 e. The smallest absolute Gasteiger partial charge is 0.220 e. The first-order valence-corrected chi connectivity index (χ1v) is 10.5. The lowest BCUT2D eigenvalue weighted by atomic mass is 10.0. The van der Waals surface area contributed by atoms with Crippen LogP contribution in [0.2, 0.25) is 0 Å². The molecule has 1 saturated heterocycles. The number of aliphatic imine (C=N–C) groups is 1. The number of rotatable bonds is 9. The van der Waals surface area contributed by atoms with E-state index in [2.05, 4.69) is 25.8 Å². The monoisotopic (exact) mass is 405 g/mol. The fourth-order valence-corrected chi connectivity index (χ4v) is 3.43. The summed E-state index contributed by atoms with van der Waals surface area (Å²) < 4.78 is 18.8. The highest BCUT2D eigenvalue weighted by Gasteiger charge is 2.24. The Morgan fingerprint density at radius 1 is 1.24 bits per heavy atom. The average Bonchev–Trinajstić information content (AvgIpc) is 3.55. The third kappa shape index (κ3) is 7.29. The summed E-state index contributed by atoms with van der Waals surface area (Å²) >= 11 is 0. The minimum absolute atomic E-state index is 0.0994. The van der Waals surface area contributed by atoms with Crippen LogP contribution >= 0.6 is 0 Å². The second-order valence-corrected chi connectivity index (χ2v) is 7.54. The van der Waals surface area contributed by atoms with E-state index in [9.17, 15) is 9.18 Å². The van der Waals surface area contributed by atoms with Crippen molar-refractivity contribution in [1.82, 2.24) is 20.9 Å². The number of ether oxygens (including phenoxy) is 1. The SMILES string of the molecule is CN=C(NCCCC(=O)NC1CC1)NCC(c1ccc(F)cc1)N1CCOCC1. The first-order valence-electron chi connectivity index (χ1n) is 10.5. The van der Waals surface area contributed by atoms with Crippen LogP contribution in [0.3, 0.4) is 0 Å². The van der Waals surface area contributed by atoms with Crippen LogP contribution in [0.15, 0.2) is 29.3 Å². The molecule has 3 N–H and O–H groups in total. The lowest BCUT2D eigenvalue weighted by molar-refractivity contribution is -0.121. The van der Waals surface area contributed by atoms with Crippen molar-refractivity contribution >= 4 is 11.9 Å². The van der Waals surface area contributed by atoms with Gasteiger partial charge in [0.1, 0.15) is 5.82 Å². The average molecular weight is 406 g/mol. The summed E-state index contributed by atoms with van der Waals surface area (Å²) in [6, 6.07) is 7.19. The summed E-state index contributed by atoms with van der Waals surface area (Å²) in [6.07, 6.45) is 3.49. The number of hydrogen-bond donors (Lipinski definition) is 3. The largest absolute Gasteiger partial charge is 0.379 e. The van der Waals surface area contributed by atoms with E-state index < -0.39 is 0 Å². The number of carbonyl (C=O) groups is 1. The predicted molar refractivity (Wildman–Crippen MR) is 111 cm³/mol. The van der Waals surface area contributed by atoms with Gasteiger partial charge >= 0.3 is 0 Å². The van der Waals surface area contributed by atoms with Crippen molar-refractivity contribution in [3.05, 3.63) is 35.6 Å². The Bertz CT molecular complexity index is 672. The zero-order chi connectivity index (χ0) is 20.5. The highest BCUT2D eigenvalue weighted by Crippen LogP contribution is 2.21. The van der Waals surface area contributed by atoms with Gasteiger partial charge in [0.2, 0.25) is 5.91 Å². The van der Waals surface area contributed by atoms with Crippen molar-refractivity contribution in [2.45, 2.75) is 37.8 Å². The van der Waals surface area contributed by atoms with Gasteiger partial charge in [0.15, 0.2) is 5.96 Å². The van der Waals surface area contributed by atoms with E-state index >= 15 is 0 Å². The highest BCUT2D eigenvalue weighted by molar-refractivity contribution is 5.80. The van der Waals surface area contributed by atoms with Crippen LogP contribution in [0.1, 0.15) is 37.3 Å². The highest BCUT2D eigenvalue weighted by atomic mass is 19.1. The Balaban J connectivity index is 1.47. The summed E-state index contributed by atoms with van der Waals surface area (Å²) in [5, 5.41) is 9.64. The van der Waals surface area contributed by atoms with Crippen LogP contribution in [-0.2, 0) is 9.53 Å². The molecule has 2 fully saturated rings. The van der Waals surface area contributed by atoms with Crippen molar-refractivity contribution in [3.8, 4) is 0 Å². The lowest BCUT2D eigenvalue weighted by Gasteiger charge is -2.35. The molecule has 29 heavy (non-hydrogen) atoms. The molecule has 8 heteroatoms. The maximum absolute atomic E-state index is 13.4. The Hall–Kier alpha value is -2.19. The van der Waals surface area contributed by atoms with Crippen LogP contribution in [0.25, 0.3) is 0 Å². The molecule has 160 valence electrons. The summed E-state index contributed by atoms with van der Waals surface area (Å²) in [7, 11) is 1.73. The van der Waals surface area contributed by atoms with Gasteiger partial charge in [-0.2, -0.15) is 0 Å². The molecule has 1 saturated carbocycles. The van der Waals surface area contributed by atoms with Gasteiger partial charge in [-0.05, 0) is 37.0 Å². The third-order valence-corrected chi connectivity index (χ3v) is 5.24. The van der Waals surface area contributed by atoms with Crippen molar-refractivity contribution in [2.75, 3.05) is 46.4 Å². The van der Waals surface area contributed by atoms with Crippen molar-refractivity contribution in [3.63, 3.8) is 0 Å². The molecule has 0 bridgehead atoms. The van der Waals surface area contributed by atoms with Gasteiger partial charge < -0.3 is 20.7 Å². The molecule has 0 spiro atoms. The minimum atomic E-state index is -0.231. The van der Waals surface area contributed by atoms with Crippen molar-refractivity contribution in [1.29, 1.82) is 0 Å². The van der Waals surface area contributed by atoms with E-state index in [0.717, 1.165) is 37.9 Å². The van der Waals surface area contributed by atoms with Gasteiger partial charge in [-0.3, -0.25) is 14.7 Å². The summed E-state index contributed by atoms with van der Waals surface area (Å²) in [6.45, 7) is 4.41. The number of carbonyl (C=O) groups excluding carboxylic acids is 1. The molecule has 1 atom stereocenters. The van der Waals surface area contributed by atoms with Gasteiger partial charge in [-0.1, -0.05) is 12.1 Å². The van der Waals surface area contributed by atoms with E-state index in [1.54, 1.807) is 7.05 Å². The molecule has 1 aromatic rings. The van der Waals surface area contributed by atoms with Crippen molar-refractivity contribution < 1.29 is 13.9 Å². The first-order chi connectivity index (χ1) is 14.2. The lowest BCUT2D eigenvalue weighted by Crippen LogP contribution is -2.46. The molecule has 3 rings (SSSR count). The van der Waals surface area contributed by atoms with Gasteiger partial charge in [-0.15, -0.1) is 0 Å². The van der Waals surface area contributed by atoms with Gasteiger partial charge in [0.05, 0.1) is 19.3 Å². The van der Waals surface area contributed by atoms with Crippen LogP contribution in [-0.4, -0.2) is 69.2 Å². The second kappa shape index (κ2) is 11.1. The molecular weight excluding hydrogens is 373 g/mol. The molecule has 0 radical (unpaired) electrons. The molecule has 1 unspecified atom stereocenters. The summed E-state index contributed by atoms with van der Waals surface area (Å²) in [5.74, 6) is 0.597. The molecule has 1 heterocycles. The van der Waals surface area contributed by atoms with Crippen molar-refractivity contribution in [2.24, 2.45) is 4.99 Å². The Morgan fingerprint density at radius 2 is 1.97 bits per heavy atom. The Labute approximate surface area is 172 Å². The number of nitrogens with one attached hydrogen (secondary N) is 3. The van der Waals surface area contributed by atoms with Gasteiger partial charge in [0.25, 0.3) is 0 Å². The van der Waals surface area contributed by atoms with Crippen LogP contribution in [0.4, 0.5) is 4.39 Å². The van der Waals surface area contributed by atoms with E-state index in [1.165, 1.54) is 12.1 Å². The Morgan fingerprint density at radius 3 is 2.62 bits per heavy atom. The second-order valence-electron chi connectivity index (χ2n) is 7.54. The number of morpholine rings is 1. The topological polar surface area (TPSA) is 78.0 Å². The van der Waals surface area contributed by atoms with E-state index in [0.29, 0.717) is 44.7 Å². The number of hydrogen-bond acceptors (Lipinski definition) is 4. The fraction of sp³-hybridized carbons (Fsp3) is 0.619. The van der Waals surface area contributed by atoms with Gasteiger partial charge in [-0.25, -0.2) is 4.39 Å². The number of halogens is 1. The molecule has 2 aliphatic rings. The number of guanidine groups is 1. The summed E-state index contributed by atoms with van der Waals surface area (Å²) in [5.41, 5.74) is 1.06. The van der Waals surface area contributed by atoms with Crippen LogP contribution in [0.5, 0.6) is 0 Å². The van der Waals surface area contributed by atoms with E-state index in [-0.39, 0.29) is 17.8 Å². The normalized spacial score (nSPS) is 18.9. The molecule has 1 aliphatic carbocycles. The quantitative estimate of drug-likeness (QED) is 0.329. The first kappa shape index (κ1) is 21.5. The number of nitrogens with zero attached hydrogens (tertiary/aromatic N) is 2. The standard InChI is InChI=1S/C21H32FN5O2/c1-23-21(24-10-2-3-20(28)26-18-8-9-18)25-15-19(27-11-13-29-14-12-27)16-4-6-17(22)7-5-16/h4-7,18-19H,2-3,8-15H2,1H3,(H,26,28)(H2,23,24,25). The van der Waals surface area contributed by atoms with E-state index in [1.807, 2.05) is 12.1 Å². The molecular formula is C21H32FN5O2. The van der Waals surface area contributed by atoms with Crippen LogP contribution < -0.4 is 16.0 Å². The zero-order valence-corrected chi connectivity index (χ0v) is 17.1. The maximum atomic E-state index is 13.4. The molecule has 7 nitrogen and oxygen atoms in total. The number of benzene rings is 1. The maximum Gasteiger partial charge on any atom is 0.220 e. The van der Waals surface area contributed by atoms with Crippen LogP contribution in [0, 0.1) is 5.82 Å². The molecule has 1 aromatic carbocycles. The Kier molecular flexibility index (Phi) is 8.25. The third-order valence-electron chi connectivity index (χ3n) is 5.24. The van der Waals surface area contributed by atoms with E-state index in [4.69, 9.17) is 4.74 Å². The predicted octanol–water partition coefficient (Wildman–Crippen LogP) is 1.42.